The summed E-state index contributed by atoms with van der Waals surface area (Å²) in [5, 5.41) is 9.84. The minimum Gasteiger partial charge on any atom is -0.289 e. The molecule has 7 nitrogen and oxygen atoms in total. The molecule has 210 valence electrons. The molecule has 0 saturated heterocycles. The highest BCUT2D eigenvalue weighted by Crippen LogP contribution is 2.36. The van der Waals surface area contributed by atoms with Crippen LogP contribution in [0.25, 0.3) is 11.6 Å². The largest absolute Gasteiger partial charge is 0.289 e. The van der Waals surface area contributed by atoms with Crippen LogP contribution in [-0.2, 0) is 10.1 Å². The highest BCUT2D eigenvalue weighted by Gasteiger charge is 2.40. The Bertz CT molecular complexity index is 1950. The fourth-order valence-electron chi connectivity index (χ4n) is 6.09. The third-order valence-corrected chi connectivity index (χ3v) is 9.64. The normalized spacial score (nSPS) is 19.3. The van der Waals surface area contributed by atoms with Gasteiger partial charge in [-0.25, -0.2) is 4.98 Å². The summed E-state index contributed by atoms with van der Waals surface area (Å²) in [6.07, 6.45) is 6.34. The molecule has 9 heteroatoms. The van der Waals surface area contributed by atoms with Crippen LogP contribution < -0.4 is 10.4 Å². The Morgan fingerprint density at radius 1 is 0.927 bits per heavy atom. The Hall–Kier alpha value is -3.72. The molecule has 4 aromatic rings. The Kier molecular flexibility index (Phi) is 7.92. The number of benzene rings is 3. The lowest BCUT2D eigenvalue weighted by Gasteiger charge is -2.32. The molecule has 1 heterocycles. The molecule has 41 heavy (non-hydrogen) atoms. The zero-order chi connectivity index (χ0) is 29.5. The maximum atomic E-state index is 14.3. The quantitative estimate of drug-likeness (QED) is 0.343. The van der Waals surface area contributed by atoms with Crippen LogP contribution in [-0.4, -0.2) is 39.2 Å². The van der Waals surface area contributed by atoms with Crippen LogP contribution in [0.4, 0.5) is 0 Å². The topological polar surface area (TPSA) is 110 Å². The summed E-state index contributed by atoms with van der Waals surface area (Å²) in [5.41, 5.74) is 3.47. The third kappa shape index (κ3) is 5.35. The number of hydrogen-bond acceptors (Lipinski definition) is 6. The van der Waals surface area contributed by atoms with E-state index < -0.39 is 21.3 Å². The Morgan fingerprint density at radius 3 is 2.22 bits per heavy atom. The predicted octanol–water partition coefficient (Wildman–Crippen LogP) is 4.81. The number of fused-ring (bicyclic) bond motifs is 4. The molecule has 0 bridgehead atoms. The van der Waals surface area contributed by atoms with Gasteiger partial charge < -0.3 is 0 Å². The smallest absolute Gasteiger partial charge is 0.268 e. The van der Waals surface area contributed by atoms with Gasteiger partial charge in [-0.15, -0.1) is 5.10 Å². The number of carbonyl (C=O) groups is 1. The first-order valence-electron chi connectivity index (χ1n) is 13.4. The van der Waals surface area contributed by atoms with Crippen molar-refractivity contribution in [3.63, 3.8) is 0 Å². The Morgan fingerprint density at radius 2 is 1.66 bits per heavy atom. The molecule has 1 N–H and O–H groups in total. The fraction of sp³-hybridized carbons (Fsp3) is 0.250. The van der Waals surface area contributed by atoms with Gasteiger partial charge in [0, 0.05) is 28.3 Å². The Balaban J connectivity index is 0.000000500. The van der Waals surface area contributed by atoms with E-state index in [4.69, 9.17) is 11.6 Å². The van der Waals surface area contributed by atoms with Crippen LogP contribution >= 0.6 is 11.6 Å². The molecule has 3 atom stereocenters. The summed E-state index contributed by atoms with van der Waals surface area (Å²) in [7, 11) is -4.32. The van der Waals surface area contributed by atoms with Crippen LogP contribution in [0.3, 0.4) is 0 Å². The number of Topliss-reactive ketones (excluding diaryl/α,β-unsaturated/α-hetero) is 1. The number of ketones is 1. The number of nitrogens with zero attached hydrogens (tertiary/aromatic N) is 3. The van der Waals surface area contributed by atoms with Gasteiger partial charge in [-0.3, -0.25) is 9.35 Å². The number of aromatic nitrogens is 3. The van der Waals surface area contributed by atoms with E-state index in [2.05, 4.69) is 29.0 Å². The lowest BCUT2D eigenvalue weighted by Crippen LogP contribution is -2.40. The maximum Gasteiger partial charge on any atom is 0.268 e. The molecule has 2 aliphatic carbocycles. The van der Waals surface area contributed by atoms with E-state index in [1.807, 2.05) is 60.7 Å². The van der Waals surface area contributed by atoms with Crippen LogP contribution in [0.15, 0.2) is 73.3 Å². The molecular formula is C32H30ClN3O4S. The van der Waals surface area contributed by atoms with Gasteiger partial charge in [-0.2, -0.15) is 13.5 Å². The second-order valence-corrected chi connectivity index (χ2v) is 12.7. The van der Waals surface area contributed by atoms with Crippen molar-refractivity contribution < 1.29 is 17.8 Å². The molecule has 3 aromatic carbocycles. The van der Waals surface area contributed by atoms with Crippen LogP contribution in [0.2, 0.25) is 5.02 Å². The number of hydrogen-bond donors (Lipinski definition) is 1. The number of rotatable bonds is 3. The van der Waals surface area contributed by atoms with Crippen molar-refractivity contribution in [2.45, 2.75) is 44.8 Å². The van der Waals surface area contributed by atoms with Crippen molar-refractivity contribution >= 4 is 39.2 Å². The molecule has 0 saturated carbocycles. The van der Waals surface area contributed by atoms with E-state index in [0.29, 0.717) is 21.7 Å². The molecular weight excluding hydrogens is 558 g/mol. The molecule has 0 radical (unpaired) electrons. The van der Waals surface area contributed by atoms with Crippen molar-refractivity contribution in [3.05, 3.63) is 121 Å². The summed E-state index contributed by atoms with van der Waals surface area (Å²) in [6, 6.07) is 17.4. The van der Waals surface area contributed by atoms with Crippen molar-refractivity contribution in [2.24, 2.45) is 5.92 Å². The standard InChI is InChI=1S/C29H27ClO4S.C3H3N3/c1-15(2)20-11-9-19(14-24(20)30)26-22-8-6-5-7-21(22)23-12-10-18-13-16(3)29(35(32,33)34)17(4)25(18)27(23)28(26)31;1-2-5-6-3-4-1/h5-17,29H,1-4H3,(H,32,33,34);1-3H. The van der Waals surface area contributed by atoms with Gasteiger partial charge in [0.25, 0.3) is 10.1 Å². The average Bonchev–Trinajstić information content (AvgIpc) is 2.93. The fourth-order valence-corrected chi connectivity index (χ4v) is 7.77. The van der Waals surface area contributed by atoms with E-state index in [1.54, 1.807) is 20.0 Å². The zero-order valence-electron chi connectivity index (χ0n) is 23.1. The van der Waals surface area contributed by atoms with Gasteiger partial charge in [0.1, 0.15) is 6.33 Å². The van der Waals surface area contributed by atoms with E-state index in [9.17, 15) is 17.8 Å². The van der Waals surface area contributed by atoms with Crippen molar-refractivity contribution in [1.29, 1.82) is 0 Å². The molecule has 3 unspecified atom stereocenters. The average molecular weight is 588 g/mol. The second-order valence-electron chi connectivity index (χ2n) is 10.7. The molecule has 0 aliphatic heterocycles. The van der Waals surface area contributed by atoms with Crippen molar-refractivity contribution in [3.8, 4) is 0 Å². The summed E-state index contributed by atoms with van der Waals surface area (Å²) in [5.74, 6) is -0.855. The highest BCUT2D eigenvalue weighted by molar-refractivity contribution is 7.86. The van der Waals surface area contributed by atoms with Gasteiger partial charge >= 0.3 is 0 Å². The maximum absolute atomic E-state index is 14.3. The molecule has 1 aromatic heterocycles. The van der Waals surface area contributed by atoms with Crippen LogP contribution in [0.5, 0.6) is 0 Å². The third-order valence-electron chi connectivity index (χ3n) is 7.79. The van der Waals surface area contributed by atoms with Gasteiger partial charge in [0.15, 0.2) is 5.78 Å². The van der Waals surface area contributed by atoms with Gasteiger partial charge in [-0.05, 0) is 55.5 Å². The minimum atomic E-state index is -4.32. The predicted molar refractivity (Wildman–Crippen MR) is 159 cm³/mol. The monoisotopic (exact) mass is 587 g/mol. The number of halogens is 1. The first-order chi connectivity index (χ1) is 19.5. The first-order valence-corrected chi connectivity index (χ1v) is 15.2. The molecule has 0 amide bonds. The zero-order valence-corrected chi connectivity index (χ0v) is 24.7. The van der Waals surface area contributed by atoms with E-state index in [0.717, 1.165) is 32.0 Å². The number of carbonyl (C=O) groups excluding carboxylic acids is 1. The lowest BCUT2D eigenvalue weighted by atomic mass is 9.77. The van der Waals surface area contributed by atoms with Gasteiger partial charge in [-0.1, -0.05) is 93.9 Å². The highest BCUT2D eigenvalue weighted by atomic mass is 35.5. The first kappa shape index (κ1) is 28.8. The van der Waals surface area contributed by atoms with Gasteiger partial charge in [0.05, 0.1) is 11.4 Å². The van der Waals surface area contributed by atoms with Crippen LogP contribution in [0.1, 0.15) is 66.6 Å². The summed E-state index contributed by atoms with van der Waals surface area (Å²) in [4.78, 5) is 17.9. The molecule has 0 fully saturated rings. The lowest BCUT2D eigenvalue weighted by molar-refractivity contribution is 0.105. The van der Waals surface area contributed by atoms with E-state index in [-0.39, 0.29) is 17.6 Å². The van der Waals surface area contributed by atoms with E-state index >= 15 is 0 Å². The summed E-state index contributed by atoms with van der Waals surface area (Å²) >= 11 is 6.62. The minimum absolute atomic E-state index is 0.159. The molecule has 0 spiro atoms. The molecule has 2 aliphatic rings. The van der Waals surface area contributed by atoms with Gasteiger partial charge in [0.2, 0.25) is 0 Å². The van der Waals surface area contributed by atoms with Crippen molar-refractivity contribution in [2.75, 3.05) is 0 Å². The van der Waals surface area contributed by atoms with E-state index in [1.165, 1.54) is 12.5 Å². The second kappa shape index (κ2) is 11.3. The molecule has 6 rings (SSSR count). The SMILES string of the molecule is CC(C)c1ccc(C2=c3ccccc3=c3ccc4c(c3C2=O)C(C)C(S(=O)(=O)O)C(C)C=4)cc1Cl.c1cnncn1. The van der Waals surface area contributed by atoms with Crippen LogP contribution in [0, 0.1) is 16.4 Å². The van der Waals surface area contributed by atoms with Crippen molar-refractivity contribution in [1.82, 2.24) is 15.2 Å². The summed E-state index contributed by atoms with van der Waals surface area (Å²) < 4.78 is 34.6. The Labute approximate surface area is 243 Å². The summed E-state index contributed by atoms with van der Waals surface area (Å²) in [6.45, 7) is 7.71.